The van der Waals surface area contributed by atoms with Gasteiger partial charge in [0.1, 0.15) is 33.2 Å². The minimum Gasteiger partial charge on any atom is -0.463 e. The standard InChI is InChI=1S/C34H50N4O17/c39-25-35-9-1-5-30(43)52-17-13-47-21-34(22-48-14-18-53-31(44)6-2-10-36-26-40,23-49-15-19-54-32(45)7-3-11-37-27-41)24-51-29-50-16-20-55-33(46)8-4-12-38-28-42/h1-24,29H2. The molecule has 55 heavy (non-hydrogen) atoms. The van der Waals surface area contributed by atoms with Crippen LogP contribution in [0.5, 0.6) is 0 Å². The summed E-state index contributed by atoms with van der Waals surface area (Å²) in [4.78, 5) is 102. The van der Waals surface area contributed by atoms with Gasteiger partial charge < -0.3 is 42.6 Å². The predicted molar refractivity (Wildman–Crippen MR) is 184 cm³/mol. The van der Waals surface area contributed by atoms with Gasteiger partial charge in [0.2, 0.25) is 24.3 Å². The first-order valence-corrected chi connectivity index (χ1v) is 17.5. The van der Waals surface area contributed by atoms with Gasteiger partial charge in [-0.3, -0.25) is 19.2 Å². The van der Waals surface area contributed by atoms with Crippen molar-refractivity contribution in [2.75, 3.05) is 112 Å². The van der Waals surface area contributed by atoms with Crippen molar-refractivity contribution in [3.05, 3.63) is 0 Å². The zero-order valence-corrected chi connectivity index (χ0v) is 30.9. The maximum Gasteiger partial charge on any atom is 0.305 e. The van der Waals surface area contributed by atoms with Crippen LogP contribution in [-0.4, -0.2) is 160 Å². The van der Waals surface area contributed by atoms with E-state index in [2.05, 4.69) is 20.0 Å². The Balaban J connectivity index is 5.31. The fraction of sp³-hybridized carbons (Fsp3) is 0.765. The predicted octanol–water partition coefficient (Wildman–Crippen LogP) is 0.650. The quantitative estimate of drug-likeness (QED) is 0.0208. The van der Waals surface area contributed by atoms with Crippen LogP contribution < -0.4 is 0 Å². The van der Waals surface area contributed by atoms with Gasteiger partial charge in [0, 0.05) is 25.7 Å². The van der Waals surface area contributed by atoms with Crippen molar-refractivity contribution in [3.8, 4) is 0 Å². The molecule has 0 heterocycles. The number of nitrogens with zero attached hydrogens (tertiary/aromatic N) is 4. The molecule has 0 atom stereocenters. The second-order valence-corrected chi connectivity index (χ2v) is 11.2. The van der Waals surface area contributed by atoms with E-state index in [1.165, 1.54) is 24.3 Å². The van der Waals surface area contributed by atoms with Gasteiger partial charge in [-0.1, -0.05) is 0 Å². The van der Waals surface area contributed by atoms with Gasteiger partial charge in [0.05, 0.1) is 84.4 Å². The molecule has 0 aliphatic rings. The van der Waals surface area contributed by atoms with Crippen LogP contribution in [0.4, 0.5) is 0 Å². The van der Waals surface area contributed by atoms with Gasteiger partial charge in [0.25, 0.3) is 0 Å². The monoisotopic (exact) mass is 786 g/mol. The Morgan fingerprint density at radius 1 is 0.382 bits per heavy atom. The number of carbonyl (C=O) groups is 4. The van der Waals surface area contributed by atoms with Crippen LogP contribution in [0.15, 0.2) is 20.0 Å². The molecular formula is C34H50N4O17. The molecule has 0 aromatic rings. The highest BCUT2D eigenvalue weighted by Crippen LogP contribution is 2.21. The molecule has 0 fully saturated rings. The molecule has 0 aromatic heterocycles. The molecule has 21 nitrogen and oxygen atoms in total. The summed E-state index contributed by atoms with van der Waals surface area (Å²) in [6.07, 6.45) is 7.10. The van der Waals surface area contributed by atoms with Gasteiger partial charge in [0.15, 0.2) is 0 Å². The lowest BCUT2D eigenvalue weighted by Gasteiger charge is -2.33. The third-order valence-electron chi connectivity index (χ3n) is 6.62. The molecule has 0 aromatic carbocycles. The van der Waals surface area contributed by atoms with Crippen LogP contribution in [0.25, 0.3) is 0 Å². The van der Waals surface area contributed by atoms with Crippen LogP contribution in [0.2, 0.25) is 0 Å². The van der Waals surface area contributed by atoms with Crippen molar-refractivity contribution < 1.29 is 81.0 Å². The topological polar surface area (TPSA) is 269 Å². The van der Waals surface area contributed by atoms with E-state index in [-0.39, 0.29) is 138 Å². The number of esters is 4. The summed E-state index contributed by atoms with van der Waals surface area (Å²) in [5.41, 5.74) is -1.02. The molecule has 308 valence electrons. The number of rotatable bonds is 38. The van der Waals surface area contributed by atoms with Gasteiger partial charge in [-0.2, -0.15) is 0 Å². The summed E-state index contributed by atoms with van der Waals surface area (Å²) in [5.74, 6) is -1.99. The Morgan fingerprint density at radius 2 is 0.655 bits per heavy atom. The molecular weight excluding hydrogens is 736 g/mol. The highest BCUT2D eigenvalue weighted by atomic mass is 16.7. The number of ether oxygens (including phenoxy) is 9. The number of aliphatic imine (C=N–C) groups is 4. The van der Waals surface area contributed by atoms with Crippen LogP contribution >= 0.6 is 0 Å². The molecule has 0 unspecified atom stereocenters. The summed E-state index contributed by atoms with van der Waals surface area (Å²) in [6.45, 7) is -0.110. The molecule has 0 amide bonds. The van der Waals surface area contributed by atoms with Crippen molar-refractivity contribution in [2.45, 2.75) is 51.4 Å². The normalized spacial score (nSPS) is 11.3. The third-order valence-corrected chi connectivity index (χ3v) is 6.62. The number of carbonyl (C=O) groups excluding carboxylic acids is 8. The van der Waals surface area contributed by atoms with Gasteiger partial charge in [-0.25, -0.2) is 39.1 Å². The molecule has 0 spiro atoms. The summed E-state index contributed by atoms with van der Waals surface area (Å²) >= 11 is 0. The fourth-order valence-corrected chi connectivity index (χ4v) is 4.03. The Bertz CT molecular complexity index is 1160. The maximum absolute atomic E-state index is 12.0. The van der Waals surface area contributed by atoms with Crippen molar-refractivity contribution in [3.63, 3.8) is 0 Å². The molecule has 0 saturated carbocycles. The van der Waals surface area contributed by atoms with Gasteiger partial charge >= 0.3 is 23.9 Å². The second-order valence-electron chi connectivity index (χ2n) is 11.2. The Kier molecular flexibility index (Phi) is 34.2. The van der Waals surface area contributed by atoms with Gasteiger partial charge in [-0.15, -0.1) is 0 Å². The van der Waals surface area contributed by atoms with Crippen molar-refractivity contribution in [2.24, 2.45) is 25.4 Å². The molecule has 0 N–H and O–H groups in total. The van der Waals surface area contributed by atoms with E-state index >= 15 is 0 Å². The summed E-state index contributed by atoms with van der Waals surface area (Å²) in [5, 5.41) is 0. The highest BCUT2D eigenvalue weighted by Gasteiger charge is 2.33. The van der Waals surface area contributed by atoms with Crippen molar-refractivity contribution in [1.29, 1.82) is 0 Å². The maximum atomic E-state index is 12.0. The number of hydrogen-bond donors (Lipinski definition) is 0. The molecule has 0 bridgehead atoms. The number of hydrogen-bond acceptors (Lipinski definition) is 21. The first-order chi connectivity index (χ1) is 26.8. The lowest BCUT2D eigenvalue weighted by atomic mass is 9.92. The molecule has 21 heteroatoms. The first kappa shape index (κ1) is 50.2. The average molecular weight is 787 g/mol. The van der Waals surface area contributed by atoms with Crippen LogP contribution in [0.3, 0.4) is 0 Å². The Morgan fingerprint density at radius 3 is 0.945 bits per heavy atom. The zero-order chi connectivity index (χ0) is 40.5. The van der Waals surface area contributed by atoms with Crippen molar-refractivity contribution >= 4 is 48.2 Å². The largest absolute Gasteiger partial charge is 0.463 e. The lowest BCUT2D eigenvalue weighted by Crippen LogP contribution is -2.43. The molecule has 0 aliphatic heterocycles. The fourth-order valence-electron chi connectivity index (χ4n) is 4.03. The second kappa shape index (κ2) is 37.5. The van der Waals surface area contributed by atoms with Gasteiger partial charge in [-0.05, 0) is 25.7 Å². The zero-order valence-electron chi connectivity index (χ0n) is 30.9. The minimum atomic E-state index is -1.02. The first-order valence-electron chi connectivity index (χ1n) is 17.5. The number of isocyanates is 4. The summed E-state index contributed by atoms with van der Waals surface area (Å²) in [7, 11) is 0. The summed E-state index contributed by atoms with van der Waals surface area (Å²) in [6, 6.07) is 0. The van der Waals surface area contributed by atoms with Crippen LogP contribution in [-0.2, 0) is 81.0 Å². The molecule has 0 radical (unpaired) electrons. The van der Waals surface area contributed by atoms with E-state index in [0.717, 1.165) is 0 Å². The third kappa shape index (κ3) is 33.5. The smallest absolute Gasteiger partial charge is 0.305 e. The lowest BCUT2D eigenvalue weighted by molar-refractivity contribution is -0.159. The molecule has 0 rings (SSSR count). The van der Waals surface area contributed by atoms with Crippen molar-refractivity contribution in [1.82, 2.24) is 0 Å². The Labute approximate surface area is 318 Å². The summed E-state index contributed by atoms with van der Waals surface area (Å²) < 4.78 is 49.2. The minimum absolute atomic E-state index is 0.0130. The van der Waals surface area contributed by atoms with Crippen LogP contribution in [0, 0.1) is 5.41 Å². The van der Waals surface area contributed by atoms with Crippen LogP contribution in [0.1, 0.15) is 51.4 Å². The van der Waals surface area contributed by atoms with E-state index in [0.29, 0.717) is 25.7 Å². The van der Waals surface area contributed by atoms with E-state index in [1.54, 1.807) is 0 Å². The van der Waals surface area contributed by atoms with E-state index in [9.17, 15) is 38.4 Å². The average Bonchev–Trinajstić information content (AvgIpc) is 3.17. The van der Waals surface area contributed by atoms with E-state index < -0.39 is 29.3 Å². The SMILES string of the molecule is O=C=NCCCC(=O)OCCOCOCC(COCCOC(=O)CCCN=C=O)(COCCOC(=O)CCCN=C=O)COCCOC(=O)CCCN=C=O. The molecule has 0 saturated heterocycles. The Hall–Kier alpha value is -4.80. The van der Waals surface area contributed by atoms with E-state index in [4.69, 9.17) is 42.6 Å². The highest BCUT2D eigenvalue weighted by molar-refractivity contribution is 5.70. The van der Waals surface area contributed by atoms with E-state index in [1.807, 2.05) is 0 Å². The molecule has 0 aliphatic carbocycles.